The number of carbonyl (C=O) groups is 2. The molecule has 1 N–H and O–H groups in total. The molecule has 5 heteroatoms. The largest absolute Gasteiger partial charge is 0.368 e. The topological polar surface area (TPSA) is 52.7 Å². The molecular formula is C24H29N3O2. The summed E-state index contributed by atoms with van der Waals surface area (Å²) in [5, 5.41) is 3.00. The minimum Gasteiger partial charge on any atom is -0.368 e. The second-order valence-electron chi connectivity index (χ2n) is 8.41. The second kappa shape index (κ2) is 7.90. The standard InChI is InChI=1S/C24H29N3O2/c1-16-5-4-6-19(14-16)26-9-11-27(12-10-26)24(29)21-15-20(21)23(28)25-22-8-7-17(2)13-18(22)3/h4-8,13-14,20-21H,9-12,15H2,1-3H3,(H,25,28). The van der Waals surface area contributed by atoms with E-state index in [0.29, 0.717) is 19.5 Å². The average Bonchev–Trinajstić information content (AvgIpc) is 3.51. The third-order valence-electron chi connectivity index (χ3n) is 6.04. The molecule has 0 spiro atoms. The zero-order valence-electron chi connectivity index (χ0n) is 17.4. The van der Waals surface area contributed by atoms with Gasteiger partial charge in [0.25, 0.3) is 0 Å². The van der Waals surface area contributed by atoms with Crippen LogP contribution in [-0.4, -0.2) is 42.9 Å². The molecule has 152 valence electrons. The molecule has 0 radical (unpaired) electrons. The number of anilines is 2. The summed E-state index contributed by atoms with van der Waals surface area (Å²) >= 11 is 0. The third-order valence-corrected chi connectivity index (χ3v) is 6.04. The smallest absolute Gasteiger partial charge is 0.228 e. The molecule has 1 aliphatic carbocycles. The molecule has 1 heterocycles. The maximum Gasteiger partial charge on any atom is 0.228 e. The van der Waals surface area contributed by atoms with Gasteiger partial charge in [-0.25, -0.2) is 0 Å². The van der Waals surface area contributed by atoms with Crippen LogP contribution in [0.3, 0.4) is 0 Å². The lowest BCUT2D eigenvalue weighted by molar-refractivity contribution is -0.134. The van der Waals surface area contributed by atoms with E-state index in [1.54, 1.807) is 0 Å². The second-order valence-corrected chi connectivity index (χ2v) is 8.41. The fraction of sp³-hybridized carbons (Fsp3) is 0.417. The van der Waals surface area contributed by atoms with Crippen molar-refractivity contribution in [3.8, 4) is 0 Å². The Balaban J connectivity index is 1.29. The van der Waals surface area contributed by atoms with Gasteiger partial charge in [-0.3, -0.25) is 9.59 Å². The molecule has 2 unspecified atom stereocenters. The molecule has 5 nitrogen and oxygen atoms in total. The first-order valence-corrected chi connectivity index (χ1v) is 10.4. The molecule has 0 aromatic heterocycles. The Morgan fingerprint density at radius 3 is 2.31 bits per heavy atom. The first kappa shape index (κ1) is 19.5. The molecule has 2 amide bonds. The van der Waals surface area contributed by atoms with Crippen LogP contribution in [0, 0.1) is 32.6 Å². The van der Waals surface area contributed by atoms with Crippen molar-refractivity contribution in [1.29, 1.82) is 0 Å². The van der Waals surface area contributed by atoms with E-state index < -0.39 is 0 Å². The summed E-state index contributed by atoms with van der Waals surface area (Å²) in [5.41, 5.74) is 5.52. The molecule has 2 atom stereocenters. The summed E-state index contributed by atoms with van der Waals surface area (Å²) < 4.78 is 0. The average molecular weight is 392 g/mol. The highest BCUT2D eigenvalue weighted by atomic mass is 16.2. The highest BCUT2D eigenvalue weighted by molar-refractivity contribution is 6.00. The van der Waals surface area contributed by atoms with Crippen LogP contribution in [0.15, 0.2) is 42.5 Å². The minimum atomic E-state index is -0.196. The summed E-state index contributed by atoms with van der Waals surface area (Å²) in [6, 6.07) is 14.5. The van der Waals surface area contributed by atoms with E-state index in [4.69, 9.17) is 0 Å². The van der Waals surface area contributed by atoms with Crippen LogP contribution in [0.4, 0.5) is 11.4 Å². The van der Waals surface area contributed by atoms with Crippen molar-refractivity contribution >= 4 is 23.2 Å². The number of nitrogens with zero attached hydrogens (tertiary/aromatic N) is 2. The van der Waals surface area contributed by atoms with Gasteiger partial charge in [0.05, 0.1) is 11.8 Å². The lowest BCUT2D eigenvalue weighted by Gasteiger charge is -2.36. The van der Waals surface area contributed by atoms with Crippen LogP contribution in [0.5, 0.6) is 0 Å². The van der Waals surface area contributed by atoms with Crippen LogP contribution < -0.4 is 10.2 Å². The first-order chi connectivity index (χ1) is 13.9. The highest BCUT2D eigenvalue weighted by Gasteiger charge is 2.49. The molecule has 1 aliphatic heterocycles. The van der Waals surface area contributed by atoms with Crippen molar-refractivity contribution in [3.05, 3.63) is 59.2 Å². The van der Waals surface area contributed by atoms with Gasteiger partial charge in [0, 0.05) is 37.6 Å². The van der Waals surface area contributed by atoms with E-state index in [-0.39, 0.29) is 23.7 Å². The molecule has 29 heavy (non-hydrogen) atoms. The molecule has 2 fully saturated rings. The lowest BCUT2D eigenvalue weighted by Crippen LogP contribution is -2.49. The van der Waals surface area contributed by atoms with E-state index in [2.05, 4.69) is 47.5 Å². The maximum atomic E-state index is 12.9. The van der Waals surface area contributed by atoms with Gasteiger partial charge >= 0.3 is 0 Å². The number of carbonyl (C=O) groups excluding carboxylic acids is 2. The zero-order chi connectivity index (χ0) is 20.5. The van der Waals surface area contributed by atoms with Crippen LogP contribution in [0.2, 0.25) is 0 Å². The molecule has 2 aromatic carbocycles. The van der Waals surface area contributed by atoms with Crippen molar-refractivity contribution in [2.75, 3.05) is 36.4 Å². The summed E-state index contributed by atoms with van der Waals surface area (Å²) in [7, 11) is 0. The van der Waals surface area contributed by atoms with Crippen molar-refractivity contribution in [2.45, 2.75) is 27.2 Å². The first-order valence-electron chi connectivity index (χ1n) is 10.4. The van der Waals surface area contributed by atoms with Gasteiger partial charge < -0.3 is 15.1 Å². The summed E-state index contributed by atoms with van der Waals surface area (Å²) in [5.74, 6) is -0.257. The summed E-state index contributed by atoms with van der Waals surface area (Å²) in [4.78, 5) is 29.7. The van der Waals surface area contributed by atoms with Gasteiger partial charge in [0.2, 0.25) is 11.8 Å². The number of aryl methyl sites for hydroxylation is 3. The molecule has 1 saturated heterocycles. The van der Waals surface area contributed by atoms with Crippen LogP contribution in [0.25, 0.3) is 0 Å². The van der Waals surface area contributed by atoms with Gasteiger partial charge in [-0.15, -0.1) is 0 Å². The van der Waals surface area contributed by atoms with E-state index in [9.17, 15) is 9.59 Å². The predicted molar refractivity (Wildman–Crippen MR) is 116 cm³/mol. The summed E-state index contributed by atoms with van der Waals surface area (Å²) in [6.45, 7) is 9.23. The molecular weight excluding hydrogens is 362 g/mol. The molecule has 2 aliphatic rings. The van der Waals surface area contributed by atoms with Gasteiger partial charge in [0.1, 0.15) is 0 Å². The van der Waals surface area contributed by atoms with Crippen LogP contribution in [-0.2, 0) is 9.59 Å². The van der Waals surface area contributed by atoms with Crippen molar-refractivity contribution in [2.24, 2.45) is 11.8 Å². The van der Waals surface area contributed by atoms with Gasteiger partial charge in [0.15, 0.2) is 0 Å². The maximum absolute atomic E-state index is 12.9. The number of hydrogen-bond acceptors (Lipinski definition) is 3. The number of nitrogens with one attached hydrogen (secondary N) is 1. The molecule has 2 aromatic rings. The van der Waals surface area contributed by atoms with E-state index in [1.165, 1.54) is 16.8 Å². The van der Waals surface area contributed by atoms with Gasteiger partial charge in [-0.1, -0.05) is 29.8 Å². The Bertz CT molecular complexity index is 931. The van der Waals surface area contributed by atoms with Gasteiger partial charge in [-0.2, -0.15) is 0 Å². The number of benzene rings is 2. The Hall–Kier alpha value is -2.82. The molecule has 4 rings (SSSR count). The predicted octanol–water partition coefficient (Wildman–Crippen LogP) is 3.54. The van der Waals surface area contributed by atoms with Crippen LogP contribution >= 0.6 is 0 Å². The molecule has 1 saturated carbocycles. The number of amides is 2. The third kappa shape index (κ3) is 4.29. The van der Waals surface area contributed by atoms with Crippen molar-refractivity contribution in [1.82, 2.24) is 4.90 Å². The zero-order valence-corrected chi connectivity index (χ0v) is 17.4. The summed E-state index contributed by atoms with van der Waals surface area (Å²) in [6.07, 6.45) is 0.660. The fourth-order valence-electron chi connectivity index (χ4n) is 4.18. The Kier molecular flexibility index (Phi) is 5.31. The monoisotopic (exact) mass is 391 g/mol. The number of hydrogen-bond donors (Lipinski definition) is 1. The van der Waals surface area contributed by atoms with E-state index >= 15 is 0 Å². The van der Waals surface area contributed by atoms with Crippen LogP contribution in [0.1, 0.15) is 23.1 Å². The fourth-order valence-corrected chi connectivity index (χ4v) is 4.18. The van der Waals surface area contributed by atoms with Gasteiger partial charge in [-0.05, 0) is 56.5 Å². The highest BCUT2D eigenvalue weighted by Crippen LogP contribution is 2.41. The quantitative estimate of drug-likeness (QED) is 0.867. The Morgan fingerprint density at radius 1 is 0.897 bits per heavy atom. The SMILES string of the molecule is Cc1cccc(N2CCN(C(=O)C3CC3C(=O)Nc3ccc(C)cc3C)CC2)c1. The van der Waals surface area contributed by atoms with E-state index in [0.717, 1.165) is 24.3 Å². The lowest BCUT2D eigenvalue weighted by atomic mass is 10.1. The number of piperazine rings is 1. The van der Waals surface area contributed by atoms with Crippen molar-refractivity contribution < 1.29 is 9.59 Å². The Labute approximate surface area is 172 Å². The minimum absolute atomic E-state index is 0.0336. The number of rotatable bonds is 4. The van der Waals surface area contributed by atoms with E-state index in [1.807, 2.05) is 30.9 Å². The van der Waals surface area contributed by atoms with Crippen molar-refractivity contribution in [3.63, 3.8) is 0 Å². The normalized spacial score (nSPS) is 21.1. The molecule has 0 bridgehead atoms. The Morgan fingerprint density at radius 2 is 1.62 bits per heavy atom.